The number of amides is 1. The van der Waals surface area contributed by atoms with Crippen LogP contribution in [0.1, 0.15) is 31.9 Å². The Morgan fingerprint density at radius 3 is 1.44 bits per heavy atom. The van der Waals surface area contributed by atoms with Crippen molar-refractivity contribution in [2.24, 2.45) is 5.41 Å². The summed E-state index contributed by atoms with van der Waals surface area (Å²) in [5.74, 6) is 1.75. The molecule has 0 N–H and O–H groups in total. The van der Waals surface area contributed by atoms with Gasteiger partial charge in [-0.3, -0.25) is 4.79 Å². The average molecular weight is 341 g/mol. The van der Waals surface area contributed by atoms with Crippen molar-refractivity contribution in [2.75, 3.05) is 14.2 Å². The number of nitrogens with zero attached hydrogens (tertiary/aromatic N) is 1. The van der Waals surface area contributed by atoms with E-state index < -0.39 is 5.41 Å². The quantitative estimate of drug-likeness (QED) is 0.787. The molecule has 25 heavy (non-hydrogen) atoms. The summed E-state index contributed by atoms with van der Waals surface area (Å²) in [5, 5.41) is 0. The predicted octanol–water partition coefficient (Wildman–Crippen LogP) is 4.28. The lowest BCUT2D eigenvalue weighted by molar-refractivity contribution is -0.140. The van der Waals surface area contributed by atoms with E-state index in [0.717, 1.165) is 22.6 Å². The third-order valence-electron chi connectivity index (χ3n) is 3.99. The molecular formula is C21H27NO3. The third kappa shape index (κ3) is 5.24. The van der Waals surface area contributed by atoms with Crippen molar-refractivity contribution >= 4 is 5.91 Å². The van der Waals surface area contributed by atoms with Crippen LogP contribution in [0.5, 0.6) is 11.5 Å². The van der Waals surface area contributed by atoms with Crippen LogP contribution in [0.15, 0.2) is 48.5 Å². The van der Waals surface area contributed by atoms with E-state index in [1.165, 1.54) is 0 Å². The number of hydrogen-bond acceptors (Lipinski definition) is 3. The second kappa shape index (κ2) is 8.06. The molecule has 2 aromatic carbocycles. The van der Waals surface area contributed by atoms with Crippen LogP contribution in [-0.2, 0) is 17.9 Å². The largest absolute Gasteiger partial charge is 0.497 e. The van der Waals surface area contributed by atoms with Crippen molar-refractivity contribution in [3.8, 4) is 11.5 Å². The molecule has 0 aliphatic rings. The number of carbonyl (C=O) groups is 1. The highest BCUT2D eigenvalue weighted by molar-refractivity contribution is 5.81. The molecule has 0 aliphatic heterocycles. The van der Waals surface area contributed by atoms with E-state index in [-0.39, 0.29) is 5.91 Å². The number of methoxy groups -OCH3 is 2. The first-order chi connectivity index (χ1) is 11.8. The molecule has 0 saturated heterocycles. The standard InChI is InChI=1S/C21H27NO3/c1-21(2,3)20(23)22(14-16-6-10-18(24-4)11-7-16)15-17-8-12-19(25-5)13-9-17/h6-13H,14-15H2,1-5H3. The lowest BCUT2D eigenvalue weighted by atomic mass is 9.94. The van der Waals surface area contributed by atoms with Crippen molar-refractivity contribution in [1.29, 1.82) is 0 Å². The molecule has 2 aromatic rings. The fourth-order valence-corrected chi connectivity index (χ4v) is 2.58. The zero-order valence-corrected chi connectivity index (χ0v) is 15.7. The zero-order chi connectivity index (χ0) is 18.4. The maximum atomic E-state index is 12.9. The molecule has 0 spiro atoms. The summed E-state index contributed by atoms with van der Waals surface area (Å²) < 4.78 is 10.4. The smallest absolute Gasteiger partial charge is 0.228 e. The van der Waals surface area contributed by atoms with Crippen LogP contribution >= 0.6 is 0 Å². The molecule has 4 nitrogen and oxygen atoms in total. The van der Waals surface area contributed by atoms with Crippen LogP contribution < -0.4 is 9.47 Å². The van der Waals surface area contributed by atoms with Gasteiger partial charge in [0.2, 0.25) is 5.91 Å². The first kappa shape index (κ1) is 18.8. The molecule has 4 heteroatoms. The highest BCUT2D eigenvalue weighted by Crippen LogP contribution is 2.23. The number of benzene rings is 2. The van der Waals surface area contributed by atoms with Gasteiger partial charge in [-0.15, -0.1) is 0 Å². The first-order valence-corrected chi connectivity index (χ1v) is 8.38. The van der Waals surface area contributed by atoms with Gasteiger partial charge in [0.05, 0.1) is 14.2 Å². The molecule has 0 aromatic heterocycles. The fourth-order valence-electron chi connectivity index (χ4n) is 2.58. The SMILES string of the molecule is COc1ccc(CN(Cc2ccc(OC)cc2)C(=O)C(C)(C)C)cc1. The number of rotatable bonds is 6. The van der Waals surface area contributed by atoms with E-state index in [9.17, 15) is 4.79 Å². The summed E-state index contributed by atoms with van der Waals surface area (Å²) in [6.07, 6.45) is 0. The summed E-state index contributed by atoms with van der Waals surface area (Å²) >= 11 is 0. The highest BCUT2D eigenvalue weighted by atomic mass is 16.5. The van der Waals surface area contributed by atoms with Crippen molar-refractivity contribution in [3.63, 3.8) is 0 Å². The lowest BCUT2D eigenvalue weighted by Gasteiger charge is -2.30. The third-order valence-corrected chi connectivity index (χ3v) is 3.99. The van der Waals surface area contributed by atoms with Gasteiger partial charge >= 0.3 is 0 Å². The van der Waals surface area contributed by atoms with E-state index in [1.54, 1.807) is 14.2 Å². The van der Waals surface area contributed by atoms with E-state index in [0.29, 0.717) is 13.1 Å². The molecule has 0 fully saturated rings. The van der Waals surface area contributed by atoms with Crippen LogP contribution in [0.4, 0.5) is 0 Å². The summed E-state index contributed by atoms with van der Waals surface area (Å²) in [4.78, 5) is 14.8. The minimum Gasteiger partial charge on any atom is -0.497 e. The van der Waals surface area contributed by atoms with Crippen molar-refractivity contribution < 1.29 is 14.3 Å². The zero-order valence-electron chi connectivity index (χ0n) is 15.7. The number of carbonyl (C=O) groups excluding carboxylic acids is 1. The van der Waals surface area contributed by atoms with Gasteiger partial charge in [-0.1, -0.05) is 45.0 Å². The van der Waals surface area contributed by atoms with Crippen molar-refractivity contribution in [1.82, 2.24) is 4.90 Å². The molecule has 0 saturated carbocycles. The van der Waals surface area contributed by atoms with Gasteiger partial charge < -0.3 is 14.4 Å². The Kier molecular flexibility index (Phi) is 6.07. The Morgan fingerprint density at radius 1 is 0.800 bits per heavy atom. The topological polar surface area (TPSA) is 38.8 Å². The molecule has 0 unspecified atom stereocenters. The van der Waals surface area contributed by atoms with Gasteiger partial charge in [0.25, 0.3) is 0 Å². The highest BCUT2D eigenvalue weighted by Gasteiger charge is 2.27. The van der Waals surface area contributed by atoms with Crippen LogP contribution in [0.3, 0.4) is 0 Å². The minimum atomic E-state index is -0.432. The molecular weight excluding hydrogens is 314 g/mol. The fraction of sp³-hybridized carbons (Fsp3) is 0.381. The Hall–Kier alpha value is -2.49. The van der Waals surface area contributed by atoms with Crippen LogP contribution in [0.2, 0.25) is 0 Å². The van der Waals surface area contributed by atoms with Gasteiger partial charge in [0.1, 0.15) is 11.5 Å². The second-order valence-corrected chi connectivity index (χ2v) is 7.11. The predicted molar refractivity (Wildman–Crippen MR) is 99.7 cm³/mol. The molecule has 134 valence electrons. The molecule has 0 aliphatic carbocycles. The molecule has 2 rings (SSSR count). The minimum absolute atomic E-state index is 0.124. The molecule has 1 amide bonds. The Balaban J connectivity index is 2.20. The van der Waals surface area contributed by atoms with Gasteiger partial charge in [0, 0.05) is 18.5 Å². The van der Waals surface area contributed by atoms with E-state index >= 15 is 0 Å². The molecule has 0 heterocycles. The van der Waals surface area contributed by atoms with Gasteiger partial charge in [-0.05, 0) is 35.4 Å². The Bertz CT molecular complexity index is 635. The number of ether oxygens (including phenoxy) is 2. The van der Waals surface area contributed by atoms with Crippen LogP contribution in [0.25, 0.3) is 0 Å². The van der Waals surface area contributed by atoms with E-state index in [2.05, 4.69) is 0 Å². The maximum Gasteiger partial charge on any atom is 0.228 e. The van der Waals surface area contributed by atoms with Crippen molar-refractivity contribution in [2.45, 2.75) is 33.9 Å². The Labute approximate surface area is 150 Å². The lowest BCUT2D eigenvalue weighted by Crippen LogP contribution is -2.38. The normalized spacial score (nSPS) is 11.1. The molecule has 0 bridgehead atoms. The first-order valence-electron chi connectivity index (χ1n) is 8.38. The average Bonchev–Trinajstić information content (AvgIpc) is 2.61. The number of hydrogen-bond donors (Lipinski definition) is 0. The summed E-state index contributed by atoms with van der Waals surface area (Å²) in [5.41, 5.74) is 1.72. The van der Waals surface area contributed by atoms with E-state index in [1.807, 2.05) is 74.2 Å². The Morgan fingerprint density at radius 2 is 1.16 bits per heavy atom. The summed E-state index contributed by atoms with van der Waals surface area (Å²) in [6.45, 7) is 6.97. The van der Waals surface area contributed by atoms with Crippen molar-refractivity contribution in [3.05, 3.63) is 59.7 Å². The second-order valence-electron chi connectivity index (χ2n) is 7.11. The molecule has 0 radical (unpaired) electrons. The van der Waals surface area contributed by atoms with Gasteiger partial charge in [0.15, 0.2) is 0 Å². The van der Waals surface area contributed by atoms with Gasteiger partial charge in [-0.2, -0.15) is 0 Å². The molecule has 0 atom stereocenters. The maximum absolute atomic E-state index is 12.9. The summed E-state index contributed by atoms with van der Waals surface area (Å²) in [6, 6.07) is 15.7. The van der Waals surface area contributed by atoms with Crippen LogP contribution in [0, 0.1) is 5.41 Å². The van der Waals surface area contributed by atoms with Gasteiger partial charge in [-0.25, -0.2) is 0 Å². The monoisotopic (exact) mass is 341 g/mol. The summed E-state index contributed by atoms with van der Waals surface area (Å²) in [7, 11) is 3.29. The van der Waals surface area contributed by atoms with Crippen LogP contribution in [-0.4, -0.2) is 25.0 Å². The van der Waals surface area contributed by atoms with E-state index in [4.69, 9.17) is 9.47 Å².